The molecule has 0 aliphatic rings. The second-order valence-corrected chi connectivity index (χ2v) is 4.27. The molecule has 3 nitrogen and oxygen atoms in total. The summed E-state index contributed by atoms with van der Waals surface area (Å²) in [5, 5.41) is 11.0. The number of aryl methyl sites for hydroxylation is 2. The Kier molecular flexibility index (Phi) is 3.15. The smallest absolute Gasteiger partial charge is 0.0539 e. The Labute approximate surface area is 99.8 Å². The molecule has 0 radical (unpaired) electrons. The van der Waals surface area contributed by atoms with Gasteiger partial charge in [0.2, 0.25) is 0 Å². The van der Waals surface area contributed by atoms with E-state index in [9.17, 15) is 0 Å². The molecule has 0 fully saturated rings. The molecule has 0 atom stereocenters. The first kappa shape index (κ1) is 11.0. The lowest BCUT2D eigenvalue weighted by Crippen LogP contribution is -2.01. The van der Waals surface area contributed by atoms with Crippen LogP contribution in [0.3, 0.4) is 0 Å². The van der Waals surface area contributed by atoms with Gasteiger partial charge in [-0.3, -0.25) is 5.10 Å². The highest BCUT2D eigenvalue weighted by Crippen LogP contribution is 2.20. The van der Waals surface area contributed by atoms with E-state index in [0.717, 1.165) is 28.5 Å². The molecule has 0 bridgehead atoms. The van der Waals surface area contributed by atoms with Gasteiger partial charge >= 0.3 is 0 Å². The number of nitrogens with zero attached hydrogens (tertiary/aromatic N) is 1. The maximum absolute atomic E-state index is 5.90. The molecule has 4 heteroatoms. The SMILES string of the molecule is Cc1cc(Cl)ccc1NCc1cn[nH]c1C. The highest BCUT2D eigenvalue weighted by Gasteiger charge is 2.02. The zero-order chi connectivity index (χ0) is 11.5. The molecule has 0 aliphatic carbocycles. The van der Waals surface area contributed by atoms with Crippen LogP contribution in [-0.2, 0) is 6.54 Å². The summed E-state index contributed by atoms with van der Waals surface area (Å²) >= 11 is 5.90. The standard InChI is InChI=1S/C12H14ClN3/c1-8-5-11(13)3-4-12(8)14-6-10-7-15-16-9(10)2/h3-5,7,14H,6H2,1-2H3,(H,15,16). The maximum Gasteiger partial charge on any atom is 0.0539 e. The Hall–Kier alpha value is -1.48. The third-order valence-electron chi connectivity index (χ3n) is 2.59. The largest absolute Gasteiger partial charge is 0.381 e. The number of halogens is 1. The monoisotopic (exact) mass is 235 g/mol. The summed E-state index contributed by atoms with van der Waals surface area (Å²) in [5.41, 5.74) is 4.52. The van der Waals surface area contributed by atoms with Crippen molar-refractivity contribution in [3.8, 4) is 0 Å². The summed E-state index contributed by atoms with van der Waals surface area (Å²) in [5.74, 6) is 0. The molecule has 2 N–H and O–H groups in total. The van der Waals surface area contributed by atoms with Crippen molar-refractivity contribution in [2.24, 2.45) is 0 Å². The molecular weight excluding hydrogens is 222 g/mol. The molecule has 0 unspecified atom stereocenters. The van der Waals surface area contributed by atoms with Gasteiger partial charge in [-0.05, 0) is 37.6 Å². The second kappa shape index (κ2) is 4.58. The first-order valence-corrected chi connectivity index (χ1v) is 5.53. The van der Waals surface area contributed by atoms with Crippen LogP contribution in [0.5, 0.6) is 0 Å². The average molecular weight is 236 g/mol. The van der Waals surface area contributed by atoms with Crippen LogP contribution in [-0.4, -0.2) is 10.2 Å². The molecule has 1 aromatic heterocycles. The van der Waals surface area contributed by atoms with Gasteiger partial charge in [0.05, 0.1) is 6.20 Å². The summed E-state index contributed by atoms with van der Waals surface area (Å²) < 4.78 is 0. The Balaban J connectivity index is 2.08. The van der Waals surface area contributed by atoms with Crippen molar-refractivity contribution in [2.75, 3.05) is 5.32 Å². The number of nitrogens with one attached hydrogen (secondary N) is 2. The number of H-pyrrole nitrogens is 1. The normalized spacial score (nSPS) is 10.4. The van der Waals surface area contributed by atoms with Gasteiger partial charge in [-0.2, -0.15) is 5.10 Å². The Morgan fingerprint density at radius 2 is 2.19 bits per heavy atom. The van der Waals surface area contributed by atoms with Crippen LogP contribution in [0.4, 0.5) is 5.69 Å². The zero-order valence-corrected chi connectivity index (χ0v) is 10.1. The van der Waals surface area contributed by atoms with Crippen LogP contribution in [0.2, 0.25) is 5.02 Å². The van der Waals surface area contributed by atoms with Crippen LogP contribution in [0.1, 0.15) is 16.8 Å². The van der Waals surface area contributed by atoms with Gasteiger partial charge in [0.1, 0.15) is 0 Å². The summed E-state index contributed by atoms with van der Waals surface area (Å²) in [6, 6.07) is 5.83. The third-order valence-corrected chi connectivity index (χ3v) is 2.83. The van der Waals surface area contributed by atoms with Gasteiger partial charge in [0.25, 0.3) is 0 Å². The van der Waals surface area contributed by atoms with E-state index in [4.69, 9.17) is 11.6 Å². The van der Waals surface area contributed by atoms with Crippen molar-refractivity contribution >= 4 is 17.3 Å². The molecule has 1 aromatic carbocycles. The van der Waals surface area contributed by atoms with E-state index in [-0.39, 0.29) is 0 Å². The summed E-state index contributed by atoms with van der Waals surface area (Å²) in [6.45, 7) is 4.82. The Morgan fingerprint density at radius 1 is 1.38 bits per heavy atom. The lowest BCUT2D eigenvalue weighted by Gasteiger charge is -2.09. The molecular formula is C12H14ClN3. The summed E-state index contributed by atoms with van der Waals surface area (Å²) in [4.78, 5) is 0. The first-order valence-electron chi connectivity index (χ1n) is 5.15. The maximum atomic E-state index is 5.90. The number of anilines is 1. The molecule has 0 amide bonds. The minimum Gasteiger partial charge on any atom is -0.381 e. The van der Waals surface area contributed by atoms with Gasteiger partial charge in [0.15, 0.2) is 0 Å². The summed E-state index contributed by atoms with van der Waals surface area (Å²) in [6.07, 6.45) is 1.84. The highest BCUT2D eigenvalue weighted by atomic mass is 35.5. The fraction of sp³-hybridized carbons (Fsp3) is 0.250. The van der Waals surface area contributed by atoms with Crippen LogP contribution in [0.15, 0.2) is 24.4 Å². The summed E-state index contributed by atoms with van der Waals surface area (Å²) in [7, 11) is 0. The van der Waals surface area contributed by atoms with Crippen molar-refractivity contribution < 1.29 is 0 Å². The van der Waals surface area contributed by atoms with Crippen molar-refractivity contribution in [2.45, 2.75) is 20.4 Å². The number of benzene rings is 1. The van der Waals surface area contributed by atoms with E-state index < -0.39 is 0 Å². The van der Waals surface area contributed by atoms with Crippen LogP contribution >= 0.6 is 11.6 Å². The average Bonchev–Trinajstić information content (AvgIpc) is 2.63. The van der Waals surface area contributed by atoms with E-state index in [0.29, 0.717) is 0 Å². The molecule has 0 aliphatic heterocycles. The minimum absolute atomic E-state index is 0.766. The van der Waals surface area contributed by atoms with Crippen molar-refractivity contribution in [3.05, 3.63) is 46.2 Å². The lowest BCUT2D eigenvalue weighted by atomic mass is 10.2. The molecule has 84 valence electrons. The zero-order valence-electron chi connectivity index (χ0n) is 9.34. The Bertz CT molecular complexity index is 491. The van der Waals surface area contributed by atoms with E-state index in [2.05, 4.69) is 15.5 Å². The van der Waals surface area contributed by atoms with Crippen molar-refractivity contribution in [1.29, 1.82) is 0 Å². The predicted molar refractivity (Wildman–Crippen MR) is 66.8 cm³/mol. The van der Waals surface area contributed by atoms with Crippen LogP contribution in [0.25, 0.3) is 0 Å². The molecule has 1 heterocycles. The molecule has 0 spiro atoms. The van der Waals surface area contributed by atoms with Gasteiger partial charge in [0, 0.05) is 28.5 Å². The van der Waals surface area contributed by atoms with E-state index >= 15 is 0 Å². The topological polar surface area (TPSA) is 40.7 Å². The highest BCUT2D eigenvalue weighted by molar-refractivity contribution is 6.30. The van der Waals surface area contributed by atoms with E-state index in [1.807, 2.05) is 38.2 Å². The van der Waals surface area contributed by atoms with Crippen LogP contribution < -0.4 is 5.32 Å². The van der Waals surface area contributed by atoms with Gasteiger partial charge in [-0.1, -0.05) is 11.6 Å². The fourth-order valence-corrected chi connectivity index (χ4v) is 1.80. The second-order valence-electron chi connectivity index (χ2n) is 3.83. The van der Waals surface area contributed by atoms with Crippen molar-refractivity contribution in [3.63, 3.8) is 0 Å². The number of hydrogen-bond acceptors (Lipinski definition) is 2. The molecule has 2 aromatic rings. The number of aromatic nitrogens is 2. The number of hydrogen-bond donors (Lipinski definition) is 2. The van der Waals surface area contributed by atoms with Gasteiger partial charge in [-0.15, -0.1) is 0 Å². The predicted octanol–water partition coefficient (Wildman–Crippen LogP) is 3.29. The first-order chi connectivity index (χ1) is 7.66. The van der Waals surface area contributed by atoms with Crippen LogP contribution in [0, 0.1) is 13.8 Å². The van der Waals surface area contributed by atoms with Gasteiger partial charge in [-0.25, -0.2) is 0 Å². The molecule has 0 saturated heterocycles. The third kappa shape index (κ3) is 2.36. The molecule has 16 heavy (non-hydrogen) atoms. The van der Waals surface area contributed by atoms with Gasteiger partial charge < -0.3 is 5.32 Å². The number of aromatic amines is 1. The molecule has 0 saturated carbocycles. The minimum atomic E-state index is 0.766. The Morgan fingerprint density at radius 3 is 2.81 bits per heavy atom. The van der Waals surface area contributed by atoms with Crippen molar-refractivity contribution in [1.82, 2.24) is 10.2 Å². The number of rotatable bonds is 3. The van der Waals surface area contributed by atoms with E-state index in [1.54, 1.807) is 0 Å². The lowest BCUT2D eigenvalue weighted by molar-refractivity contribution is 1.04. The van der Waals surface area contributed by atoms with E-state index in [1.165, 1.54) is 5.56 Å². The quantitative estimate of drug-likeness (QED) is 0.857. The fourth-order valence-electron chi connectivity index (χ4n) is 1.57. The molecule has 2 rings (SSSR count).